The van der Waals surface area contributed by atoms with Crippen LogP contribution in [-0.4, -0.2) is 0 Å². The van der Waals surface area contributed by atoms with Gasteiger partial charge in [-0.2, -0.15) is 0 Å². The Morgan fingerprint density at radius 1 is 0.406 bits per heavy atom. The fourth-order valence-corrected chi connectivity index (χ4v) is 10.8. The van der Waals surface area contributed by atoms with E-state index in [0.717, 1.165) is 45.4 Å². The molecule has 0 aliphatic heterocycles. The van der Waals surface area contributed by atoms with Gasteiger partial charge in [0.25, 0.3) is 0 Å². The van der Waals surface area contributed by atoms with Crippen molar-refractivity contribution in [3.05, 3.63) is 233 Å². The van der Waals surface area contributed by atoms with Crippen LogP contribution in [0.4, 0.5) is 17.1 Å². The summed E-state index contributed by atoms with van der Waals surface area (Å²) in [5.74, 6) is 0.893. The van der Waals surface area contributed by atoms with Crippen LogP contribution in [0, 0.1) is 0 Å². The third kappa shape index (κ3) is 6.08. The number of nitrogens with zero attached hydrogens (tertiary/aromatic N) is 1. The van der Waals surface area contributed by atoms with E-state index in [4.69, 9.17) is 4.42 Å². The molecule has 2 heteroatoms. The first kappa shape index (κ1) is 38.3. The van der Waals surface area contributed by atoms with Crippen molar-refractivity contribution >= 4 is 71.3 Å². The lowest BCUT2D eigenvalue weighted by Gasteiger charge is -2.29. The van der Waals surface area contributed by atoms with Crippen molar-refractivity contribution < 1.29 is 4.42 Å². The van der Waals surface area contributed by atoms with Gasteiger partial charge in [-0.15, -0.1) is 0 Å². The first-order chi connectivity index (χ1) is 31.4. The number of benzene rings is 10. The van der Waals surface area contributed by atoms with Gasteiger partial charge in [-0.1, -0.05) is 185 Å². The molecule has 1 aromatic heterocycles. The van der Waals surface area contributed by atoms with Crippen molar-refractivity contribution in [3.63, 3.8) is 0 Å². The Hall–Kier alpha value is -7.42. The van der Waals surface area contributed by atoms with Crippen molar-refractivity contribution in [2.45, 2.75) is 51.9 Å². The molecule has 0 spiro atoms. The summed E-state index contributed by atoms with van der Waals surface area (Å²) < 4.78 is 6.80. The van der Waals surface area contributed by atoms with E-state index >= 15 is 0 Å². The summed E-state index contributed by atoms with van der Waals surface area (Å²) in [6.07, 6.45) is 0.937. The monoisotopic (exact) mass is 823 g/mol. The number of rotatable bonds is 8. The Bertz CT molecular complexity index is 3590. The first-order valence-electron chi connectivity index (χ1n) is 22.9. The first-order valence-corrected chi connectivity index (χ1v) is 22.9. The third-order valence-corrected chi connectivity index (χ3v) is 14.0. The van der Waals surface area contributed by atoms with E-state index in [2.05, 4.69) is 227 Å². The van der Waals surface area contributed by atoms with Gasteiger partial charge in [0.15, 0.2) is 5.58 Å². The number of para-hydroxylation sites is 2. The molecule has 12 rings (SSSR count). The second kappa shape index (κ2) is 15.1. The Morgan fingerprint density at radius 2 is 0.969 bits per heavy atom. The topological polar surface area (TPSA) is 16.4 Å². The van der Waals surface area contributed by atoms with E-state index in [-0.39, 0.29) is 5.92 Å². The predicted octanol–water partition coefficient (Wildman–Crippen LogP) is 17.5. The van der Waals surface area contributed by atoms with Crippen LogP contribution < -0.4 is 4.90 Å². The fraction of sp³-hybridized carbons (Fsp3) is 0.129. The zero-order chi connectivity index (χ0) is 43.1. The van der Waals surface area contributed by atoms with Gasteiger partial charge in [-0.3, -0.25) is 0 Å². The molecular weight excluding hydrogens is 775 g/mol. The van der Waals surface area contributed by atoms with Gasteiger partial charge >= 0.3 is 0 Å². The zero-order valence-corrected chi connectivity index (χ0v) is 36.8. The normalized spacial score (nSPS) is 12.8. The molecular formula is C62H49NO. The van der Waals surface area contributed by atoms with Crippen molar-refractivity contribution in [1.29, 1.82) is 0 Å². The van der Waals surface area contributed by atoms with Crippen LogP contribution in [0.1, 0.15) is 84.4 Å². The molecule has 2 nitrogen and oxygen atoms in total. The van der Waals surface area contributed by atoms with Gasteiger partial charge in [-0.05, 0) is 132 Å². The minimum atomic E-state index is 0.0138. The summed E-state index contributed by atoms with van der Waals surface area (Å²) in [6, 6.07) is 72.6. The molecule has 1 heterocycles. The molecule has 0 bridgehead atoms. The molecule has 0 saturated carbocycles. The minimum Gasteiger partial charge on any atom is -0.454 e. The average Bonchev–Trinajstić information content (AvgIpc) is 3.92. The standard InChI is InChI=1S/C62H49NO/c1-38(2)40-27-29-42(30-28-40)61(52-23-13-22-46-45-16-6-5-15-43(45)35-54(46)52)57-36-55-49-19-9-10-20-50(49)59(37-56(55)47-17-7-8-18-48(47)57)63(44-33-31-41(32-34-44)39(3)4)58-25-14-24-53-51-21-11-12-26-60(51)64-62(53)58/h5-34,36-39,61H,35H2,1-4H3. The molecule has 1 aliphatic rings. The summed E-state index contributed by atoms with van der Waals surface area (Å²) in [6.45, 7) is 9.08. The Balaban J connectivity index is 1.15. The molecule has 0 fully saturated rings. The number of hydrogen-bond acceptors (Lipinski definition) is 2. The van der Waals surface area contributed by atoms with Crippen LogP contribution in [0.15, 0.2) is 199 Å². The van der Waals surface area contributed by atoms with Crippen molar-refractivity contribution in [1.82, 2.24) is 0 Å². The minimum absolute atomic E-state index is 0.0138. The zero-order valence-electron chi connectivity index (χ0n) is 36.8. The highest BCUT2D eigenvalue weighted by atomic mass is 16.3. The van der Waals surface area contributed by atoms with Gasteiger partial charge in [0.05, 0.1) is 11.4 Å². The number of fused-ring (bicyclic) bond motifs is 11. The third-order valence-electron chi connectivity index (χ3n) is 14.0. The second-order valence-corrected chi connectivity index (χ2v) is 18.3. The Kier molecular flexibility index (Phi) is 9.05. The Labute approximate surface area is 375 Å². The highest BCUT2D eigenvalue weighted by Gasteiger charge is 2.29. The highest BCUT2D eigenvalue weighted by molar-refractivity contribution is 6.23. The quantitative estimate of drug-likeness (QED) is 0.112. The van der Waals surface area contributed by atoms with Gasteiger partial charge in [-0.25, -0.2) is 0 Å². The average molecular weight is 824 g/mol. The number of hydrogen-bond donors (Lipinski definition) is 0. The molecule has 11 aromatic rings. The van der Waals surface area contributed by atoms with Gasteiger partial charge in [0, 0.05) is 27.8 Å². The maximum Gasteiger partial charge on any atom is 0.159 e. The predicted molar refractivity (Wildman–Crippen MR) is 271 cm³/mol. The van der Waals surface area contributed by atoms with E-state index in [1.807, 2.05) is 0 Å². The molecule has 10 aromatic carbocycles. The van der Waals surface area contributed by atoms with E-state index in [0.29, 0.717) is 11.8 Å². The van der Waals surface area contributed by atoms with Crippen LogP contribution in [0.3, 0.4) is 0 Å². The van der Waals surface area contributed by atoms with Crippen molar-refractivity contribution in [3.8, 4) is 11.1 Å². The van der Waals surface area contributed by atoms with Gasteiger partial charge in [0.1, 0.15) is 5.58 Å². The molecule has 1 aliphatic carbocycles. The van der Waals surface area contributed by atoms with E-state index in [1.54, 1.807) is 0 Å². The molecule has 1 atom stereocenters. The second-order valence-electron chi connectivity index (χ2n) is 18.3. The molecule has 308 valence electrons. The SMILES string of the molecule is CC(C)c1ccc(C(c2cccc3c2Cc2ccccc2-3)c2cc3c4ccccc4c(N(c4ccc(C(C)C)cc4)c4cccc5c4oc4ccccc45)cc3c3ccccc23)cc1. The Morgan fingerprint density at radius 3 is 1.72 bits per heavy atom. The summed E-state index contributed by atoms with van der Waals surface area (Å²) in [7, 11) is 0. The highest BCUT2D eigenvalue weighted by Crippen LogP contribution is 2.50. The van der Waals surface area contributed by atoms with Crippen molar-refractivity contribution in [2.75, 3.05) is 4.90 Å². The lowest BCUT2D eigenvalue weighted by Crippen LogP contribution is -2.11. The lowest BCUT2D eigenvalue weighted by atomic mass is 9.78. The van der Waals surface area contributed by atoms with Crippen LogP contribution in [0.5, 0.6) is 0 Å². The van der Waals surface area contributed by atoms with E-state index in [9.17, 15) is 0 Å². The van der Waals surface area contributed by atoms with Crippen LogP contribution >= 0.6 is 0 Å². The lowest BCUT2D eigenvalue weighted by molar-refractivity contribution is 0.669. The smallest absolute Gasteiger partial charge is 0.159 e. The van der Waals surface area contributed by atoms with E-state index in [1.165, 1.54) is 82.4 Å². The summed E-state index contributed by atoms with van der Waals surface area (Å²) in [5.41, 5.74) is 17.2. The molecule has 0 amide bonds. The fourth-order valence-electron chi connectivity index (χ4n) is 10.8. The molecule has 0 saturated heterocycles. The van der Waals surface area contributed by atoms with Crippen LogP contribution in [0.25, 0.3) is 65.4 Å². The van der Waals surface area contributed by atoms with E-state index < -0.39 is 0 Å². The number of furan rings is 1. The van der Waals surface area contributed by atoms with Crippen molar-refractivity contribution in [2.24, 2.45) is 0 Å². The summed E-state index contributed by atoms with van der Waals surface area (Å²) in [4.78, 5) is 2.43. The summed E-state index contributed by atoms with van der Waals surface area (Å²) >= 11 is 0. The molecule has 0 N–H and O–H groups in total. The largest absolute Gasteiger partial charge is 0.454 e. The molecule has 0 radical (unpaired) electrons. The van der Waals surface area contributed by atoms with Gasteiger partial charge < -0.3 is 9.32 Å². The summed E-state index contributed by atoms with van der Waals surface area (Å²) in [5, 5.41) is 9.65. The van der Waals surface area contributed by atoms with Gasteiger partial charge in [0.2, 0.25) is 0 Å². The van der Waals surface area contributed by atoms with Crippen LogP contribution in [-0.2, 0) is 6.42 Å². The molecule has 64 heavy (non-hydrogen) atoms. The molecule has 1 unspecified atom stereocenters. The maximum atomic E-state index is 6.80. The van der Waals surface area contributed by atoms with Crippen LogP contribution in [0.2, 0.25) is 0 Å². The maximum absolute atomic E-state index is 6.80. The number of anilines is 3.